The summed E-state index contributed by atoms with van der Waals surface area (Å²) >= 11 is 1.18. The molecule has 0 bridgehead atoms. The molecule has 0 spiro atoms. The van der Waals surface area contributed by atoms with Crippen LogP contribution in [-0.4, -0.2) is 51.5 Å². The quantitative estimate of drug-likeness (QED) is 0.416. The molecule has 5 rings (SSSR count). The molecule has 0 saturated heterocycles. The fraction of sp³-hybridized carbons (Fsp3) is 0.100. The lowest BCUT2D eigenvalue weighted by Gasteiger charge is -2.04. The number of aromatic nitrogens is 6. The molecule has 0 atom stereocenters. The van der Waals surface area contributed by atoms with E-state index in [1.165, 1.54) is 11.3 Å². The summed E-state index contributed by atoms with van der Waals surface area (Å²) in [6.45, 7) is -0.551. The van der Waals surface area contributed by atoms with E-state index in [0.29, 0.717) is 43.7 Å². The second-order valence-corrected chi connectivity index (χ2v) is 7.70. The van der Waals surface area contributed by atoms with Crippen molar-refractivity contribution in [2.45, 2.75) is 13.1 Å². The lowest BCUT2D eigenvalue weighted by molar-refractivity contribution is -0.138. The molecule has 0 unspecified atom stereocenters. The first-order valence-corrected chi connectivity index (χ1v) is 10.0. The minimum absolute atomic E-state index is 0.276. The molecule has 0 fully saturated rings. The molecule has 10 nitrogen and oxygen atoms in total. The van der Waals surface area contributed by atoms with E-state index in [0.717, 1.165) is 0 Å². The second kappa shape index (κ2) is 7.29. The van der Waals surface area contributed by atoms with Gasteiger partial charge in [0.25, 0.3) is 0 Å². The van der Waals surface area contributed by atoms with Crippen molar-refractivity contribution >= 4 is 45.3 Å². The molecule has 154 valence electrons. The van der Waals surface area contributed by atoms with Crippen LogP contribution in [-0.2, 0) is 22.7 Å². The molecule has 0 aliphatic heterocycles. The molecule has 3 aromatic heterocycles. The molecule has 2 aromatic carbocycles. The van der Waals surface area contributed by atoms with Gasteiger partial charge in [0.15, 0.2) is 21.7 Å². The third kappa shape index (κ3) is 3.30. The molecule has 0 aliphatic carbocycles. The molecule has 0 saturated carbocycles. The van der Waals surface area contributed by atoms with Crippen molar-refractivity contribution in [3.63, 3.8) is 0 Å². The molecule has 5 aromatic rings. The van der Waals surface area contributed by atoms with Gasteiger partial charge in [-0.15, -0.1) is 10.2 Å². The lowest BCUT2D eigenvalue weighted by atomic mass is 10.3. The van der Waals surface area contributed by atoms with E-state index in [4.69, 9.17) is 0 Å². The Morgan fingerprint density at radius 1 is 0.742 bits per heavy atom. The van der Waals surface area contributed by atoms with Crippen LogP contribution in [0.2, 0.25) is 0 Å². The number of benzene rings is 2. The van der Waals surface area contributed by atoms with Gasteiger partial charge < -0.3 is 19.3 Å². The van der Waals surface area contributed by atoms with E-state index in [1.807, 2.05) is 24.3 Å². The van der Waals surface area contributed by atoms with Gasteiger partial charge in [-0.2, -0.15) is 0 Å². The van der Waals surface area contributed by atoms with E-state index in [1.54, 1.807) is 33.4 Å². The molecule has 2 N–H and O–H groups in total. The first-order valence-electron chi connectivity index (χ1n) is 9.19. The smallest absolute Gasteiger partial charge is 0.323 e. The number of hydrogen-bond acceptors (Lipinski definition) is 7. The maximum Gasteiger partial charge on any atom is 0.323 e. The zero-order valence-corrected chi connectivity index (χ0v) is 16.7. The maximum absolute atomic E-state index is 11.4. The predicted molar refractivity (Wildman–Crippen MR) is 113 cm³/mol. The average Bonchev–Trinajstić information content (AvgIpc) is 3.44. The van der Waals surface area contributed by atoms with Crippen molar-refractivity contribution < 1.29 is 19.8 Å². The summed E-state index contributed by atoms with van der Waals surface area (Å²) in [6.07, 6.45) is 0. The standard InChI is InChI=1S/C20H14N6O4S/c27-15(28)9-25-13-7-3-1-5-11(13)21-17(25)19-23-24-20(31-19)18-22-12-6-2-4-8-14(12)26(18)10-16(29)30/h1-8H,9-10H2,(H,27,28)(H,29,30). The largest absolute Gasteiger partial charge is 0.480 e. The fourth-order valence-corrected chi connectivity index (χ4v) is 4.31. The zero-order valence-electron chi connectivity index (χ0n) is 15.8. The predicted octanol–water partition coefficient (Wildman–Crippen LogP) is 2.74. The summed E-state index contributed by atoms with van der Waals surface area (Å²) in [4.78, 5) is 31.9. The highest BCUT2D eigenvalue weighted by molar-refractivity contribution is 7.17. The highest BCUT2D eigenvalue weighted by Crippen LogP contribution is 2.32. The van der Waals surface area contributed by atoms with Crippen LogP contribution in [0.25, 0.3) is 43.7 Å². The number of carbonyl (C=O) groups is 2. The number of rotatable bonds is 6. The first kappa shape index (κ1) is 18.9. The molecule has 0 amide bonds. The summed E-state index contributed by atoms with van der Waals surface area (Å²) in [5.41, 5.74) is 2.65. The van der Waals surface area contributed by atoms with Gasteiger partial charge in [-0.05, 0) is 24.3 Å². The summed E-state index contributed by atoms with van der Waals surface area (Å²) in [5, 5.41) is 28.0. The van der Waals surface area contributed by atoms with Crippen LogP contribution in [0.4, 0.5) is 0 Å². The Balaban J connectivity index is 1.65. The number of imidazole rings is 2. The van der Waals surface area contributed by atoms with Gasteiger partial charge in [-0.3, -0.25) is 9.59 Å². The first-order chi connectivity index (χ1) is 15.0. The van der Waals surface area contributed by atoms with Gasteiger partial charge >= 0.3 is 11.9 Å². The van der Waals surface area contributed by atoms with Crippen LogP contribution < -0.4 is 0 Å². The summed E-state index contributed by atoms with van der Waals surface area (Å²) in [7, 11) is 0. The van der Waals surface area contributed by atoms with Gasteiger partial charge in [-0.1, -0.05) is 35.6 Å². The fourth-order valence-electron chi connectivity index (χ4n) is 3.47. The van der Waals surface area contributed by atoms with Crippen LogP contribution in [0.3, 0.4) is 0 Å². The lowest BCUT2D eigenvalue weighted by Crippen LogP contribution is -2.10. The third-order valence-corrected chi connectivity index (χ3v) is 5.62. The third-order valence-electron chi connectivity index (χ3n) is 4.70. The van der Waals surface area contributed by atoms with Crippen LogP contribution >= 0.6 is 11.3 Å². The molecule has 0 radical (unpaired) electrons. The monoisotopic (exact) mass is 434 g/mol. The Labute approximate surface area is 178 Å². The van der Waals surface area contributed by atoms with Gasteiger partial charge in [0.1, 0.15) is 13.1 Å². The molecular weight excluding hydrogens is 420 g/mol. The number of para-hydroxylation sites is 4. The number of carboxylic acid groups (broad SMARTS) is 2. The number of fused-ring (bicyclic) bond motifs is 2. The van der Waals surface area contributed by atoms with Crippen LogP contribution in [0.15, 0.2) is 48.5 Å². The minimum atomic E-state index is -1.00. The van der Waals surface area contributed by atoms with Crippen molar-refractivity contribution in [2.75, 3.05) is 0 Å². The topological polar surface area (TPSA) is 136 Å². The Morgan fingerprint density at radius 3 is 1.58 bits per heavy atom. The average molecular weight is 434 g/mol. The highest BCUT2D eigenvalue weighted by atomic mass is 32.1. The number of aliphatic carboxylic acids is 2. The van der Waals surface area contributed by atoms with Crippen LogP contribution in [0, 0.1) is 0 Å². The number of hydrogen-bond donors (Lipinski definition) is 2. The molecule has 0 aliphatic rings. The van der Waals surface area contributed by atoms with Gasteiger partial charge in [0, 0.05) is 0 Å². The van der Waals surface area contributed by atoms with E-state index >= 15 is 0 Å². The van der Waals surface area contributed by atoms with Crippen molar-refractivity contribution in [1.82, 2.24) is 29.3 Å². The number of carboxylic acids is 2. The highest BCUT2D eigenvalue weighted by Gasteiger charge is 2.22. The maximum atomic E-state index is 11.4. The van der Waals surface area contributed by atoms with Crippen LogP contribution in [0.1, 0.15) is 0 Å². The van der Waals surface area contributed by atoms with Crippen molar-refractivity contribution in [3.05, 3.63) is 48.5 Å². The normalized spacial score (nSPS) is 11.4. The second-order valence-electron chi connectivity index (χ2n) is 6.72. The molecular formula is C20H14N6O4S. The Kier molecular flexibility index (Phi) is 4.44. The van der Waals surface area contributed by atoms with Gasteiger partial charge in [0.05, 0.1) is 22.1 Å². The van der Waals surface area contributed by atoms with Crippen LogP contribution in [0.5, 0.6) is 0 Å². The Hall–Kier alpha value is -4.12. The van der Waals surface area contributed by atoms with E-state index in [2.05, 4.69) is 20.2 Å². The van der Waals surface area contributed by atoms with E-state index in [9.17, 15) is 19.8 Å². The van der Waals surface area contributed by atoms with Crippen molar-refractivity contribution in [2.24, 2.45) is 0 Å². The van der Waals surface area contributed by atoms with Gasteiger partial charge in [-0.25, -0.2) is 9.97 Å². The number of nitrogens with zero attached hydrogens (tertiary/aromatic N) is 6. The Morgan fingerprint density at radius 2 is 1.16 bits per heavy atom. The summed E-state index contributed by atoms with van der Waals surface area (Å²) in [5.74, 6) is -1.24. The van der Waals surface area contributed by atoms with Crippen molar-refractivity contribution in [1.29, 1.82) is 0 Å². The van der Waals surface area contributed by atoms with E-state index in [-0.39, 0.29) is 13.1 Å². The SMILES string of the molecule is O=C(O)Cn1c(-c2nnc(-c3nc4ccccc4n3CC(=O)O)s2)nc2ccccc21. The summed E-state index contributed by atoms with van der Waals surface area (Å²) < 4.78 is 3.14. The van der Waals surface area contributed by atoms with Crippen molar-refractivity contribution in [3.8, 4) is 21.7 Å². The van der Waals surface area contributed by atoms with E-state index < -0.39 is 11.9 Å². The minimum Gasteiger partial charge on any atom is -0.480 e. The summed E-state index contributed by atoms with van der Waals surface area (Å²) in [6, 6.07) is 14.5. The zero-order chi connectivity index (χ0) is 21.5. The Bertz CT molecular complexity index is 1360. The van der Waals surface area contributed by atoms with Gasteiger partial charge in [0.2, 0.25) is 0 Å². The molecule has 3 heterocycles. The molecule has 11 heteroatoms. The molecule has 31 heavy (non-hydrogen) atoms.